The van der Waals surface area contributed by atoms with E-state index >= 15 is 0 Å². The first-order valence-electron chi connectivity index (χ1n) is 13.8. The monoisotopic (exact) mass is 435 g/mol. The van der Waals surface area contributed by atoms with Gasteiger partial charge < -0.3 is 5.32 Å². The molecule has 4 fully saturated rings. The van der Waals surface area contributed by atoms with Crippen LogP contribution in [0.2, 0.25) is 0 Å². The Hall–Kier alpha value is -1.31. The maximum Gasteiger partial charge on any atom is 0.251 e. The number of carbonyl (C=O) groups is 1. The van der Waals surface area contributed by atoms with Crippen molar-refractivity contribution in [3.05, 3.63) is 35.9 Å². The number of benzene rings is 1. The summed E-state index contributed by atoms with van der Waals surface area (Å²) in [5.41, 5.74) is 1.85. The third-order valence-corrected chi connectivity index (χ3v) is 11.3. The lowest BCUT2D eigenvalue weighted by Crippen LogP contribution is -2.57. The summed E-state index contributed by atoms with van der Waals surface area (Å²) in [6.45, 7) is 8.48. The number of amides is 1. The van der Waals surface area contributed by atoms with Crippen LogP contribution in [-0.2, 0) is 0 Å². The van der Waals surface area contributed by atoms with E-state index in [2.05, 4.69) is 26.1 Å². The van der Waals surface area contributed by atoms with Crippen molar-refractivity contribution in [2.75, 3.05) is 6.54 Å². The molecule has 8 atom stereocenters. The van der Waals surface area contributed by atoms with Crippen molar-refractivity contribution in [1.29, 1.82) is 0 Å². The lowest BCUT2D eigenvalue weighted by molar-refractivity contribution is -0.152. The Morgan fingerprint density at radius 3 is 2.59 bits per heavy atom. The summed E-state index contributed by atoms with van der Waals surface area (Å²) in [5.74, 6) is 5.45. The Bertz CT molecular complexity index is 804. The van der Waals surface area contributed by atoms with Crippen LogP contribution >= 0.6 is 0 Å². The second-order valence-electron chi connectivity index (χ2n) is 12.4. The van der Waals surface area contributed by atoms with E-state index in [4.69, 9.17) is 0 Å². The lowest BCUT2D eigenvalue weighted by Gasteiger charge is -2.65. The Morgan fingerprint density at radius 1 is 1.00 bits per heavy atom. The van der Waals surface area contributed by atoms with Gasteiger partial charge in [0.15, 0.2) is 0 Å². The van der Waals surface area contributed by atoms with Crippen molar-refractivity contribution in [2.45, 2.75) is 91.4 Å². The first-order valence-corrected chi connectivity index (χ1v) is 13.8. The molecule has 176 valence electrons. The van der Waals surface area contributed by atoms with Crippen LogP contribution < -0.4 is 5.32 Å². The molecule has 32 heavy (non-hydrogen) atoms. The van der Waals surface area contributed by atoms with Crippen molar-refractivity contribution in [3.63, 3.8) is 0 Å². The van der Waals surface area contributed by atoms with Gasteiger partial charge >= 0.3 is 0 Å². The van der Waals surface area contributed by atoms with E-state index in [0.29, 0.717) is 16.7 Å². The topological polar surface area (TPSA) is 29.1 Å². The molecule has 5 rings (SSSR count). The molecule has 2 nitrogen and oxygen atoms in total. The van der Waals surface area contributed by atoms with Gasteiger partial charge in [0.1, 0.15) is 0 Å². The number of carbonyl (C=O) groups excluding carboxylic acids is 1. The highest BCUT2D eigenvalue weighted by Crippen LogP contribution is 2.67. The van der Waals surface area contributed by atoms with Crippen LogP contribution in [-0.4, -0.2) is 12.5 Å². The fraction of sp³-hybridized carbons (Fsp3) is 0.767. The molecule has 0 aromatic heterocycles. The molecule has 4 aliphatic carbocycles. The van der Waals surface area contributed by atoms with Crippen LogP contribution in [0, 0.1) is 46.3 Å². The molecule has 1 amide bonds. The fourth-order valence-corrected chi connectivity index (χ4v) is 9.53. The van der Waals surface area contributed by atoms with Gasteiger partial charge in [0.2, 0.25) is 0 Å². The third kappa shape index (κ3) is 3.64. The molecule has 0 aliphatic heterocycles. The highest BCUT2D eigenvalue weighted by molar-refractivity contribution is 5.94. The molecule has 4 aliphatic rings. The van der Waals surface area contributed by atoms with Gasteiger partial charge in [-0.3, -0.25) is 4.79 Å². The zero-order valence-corrected chi connectivity index (χ0v) is 20.7. The molecule has 2 heteroatoms. The zero-order valence-electron chi connectivity index (χ0n) is 20.7. The Labute approximate surface area is 196 Å². The van der Waals surface area contributed by atoms with Crippen LogP contribution in [0.1, 0.15) is 102 Å². The molecule has 1 N–H and O–H groups in total. The quantitative estimate of drug-likeness (QED) is 0.521. The van der Waals surface area contributed by atoms with Gasteiger partial charge in [-0.25, -0.2) is 0 Å². The average molecular weight is 436 g/mol. The molecule has 4 saturated carbocycles. The van der Waals surface area contributed by atoms with Gasteiger partial charge in [-0.05, 0) is 116 Å². The summed E-state index contributed by atoms with van der Waals surface area (Å²) in [6.07, 6.45) is 15.7. The largest absolute Gasteiger partial charge is 0.352 e. The molecule has 1 aromatic carbocycles. The molecule has 0 saturated heterocycles. The summed E-state index contributed by atoms with van der Waals surface area (Å²) < 4.78 is 0. The zero-order chi connectivity index (χ0) is 22.3. The third-order valence-electron chi connectivity index (χ3n) is 11.3. The summed E-state index contributed by atoms with van der Waals surface area (Å²) in [6, 6.07) is 9.76. The molecule has 0 unspecified atom stereocenters. The minimum absolute atomic E-state index is 0.103. The lowest BCUT2D eigenvalue weighted by atomic mass is 9.40. The summed E-state index contributed by atoms with van der Waals surface area (Å²) in [7, 11) is 0. The van der Waals surface area contributed by atoms with Crippen LogP contribution in [0.3, 0.4) is 0 Å². The van der Waals surface area contributed by atoms with Gasteiger partial charge in [0, 0.05) is 12.1 Å². The first kappa shape index (κ1) is 22.5. The summed E-state index contributed by atoms with van der Waals surface area (Å²) >= 11 is 0. The molecule has 1 aromatic rings. The maximum atomic E-state index is 12.7. The average Bonchev–Trinajstić information content (AvgIpc) is 2.82. The Kier molecular flexibility index (Phi) is 6.18. The second-order valence-corrected chi connectivity index (χ2v) is 12.4. The molecule has 0 heterocycles. The number of fused-ring (bicyclic) bond motifs is 5. The number of hydrogen-bond acceptors (Lipinski definition) is 1. The van der Waals surface area contributed by atoms with E-state index < -0.39 is 0 Å². The van der Waals surface area contributed by atoms with Crippen molar-refractivity contribution < 1.29 is 4.79 Å². The van der Waals surface area contributed by atoms with Crippen molar-refractivity contribution >= 4 is 5.91 Å². The first-order chi connectivity index (χ1) is 15.5. The fourth-order valence-electron chi connectivity index (χ4n) is 9.53. The Balaban J connectivity index is 1.32. The van der Waals surface area contributed by atoms with E-state index in [1.165, 1.54) is 70.6 Å². The van der Waals surface area contributed by atoms with Gasteiger partial charge in [-0.1, -0.05) is 51.8 Å². The molecular formula is C30H45NO. The standard InChI is InChI=1S/C30H45NO/c1-4-30-18-15-21(2)19-23(30)13-14-25-26-12-8-11-24(29(26,3)17-16-27(25)30)20-31-28(32)22-9-6-5-7-10-22/h5-7,9-10,21,23-27H,4,8,11-20H2,1-3H3,(H,31,32)/t21-,23+,24+,25-,26-,27-,29+,30-/m0/s1. The predicted molar refractivity (Wildman–Crippen MR) is 132 cm³/mol. The summed E-state index contributed by atoms with van der Waals surface area (Å²) in [4.78, 5) is 12.7. The van der Waals surface area contributed by atoms with Gasteiger partial charge in [-0.2, -0.15) is 0 Å². The van der Waals surface area contributed by atoms with Crippen molar-refractivity contribution in [1.82, 2.24) is 5.32 Å². The van der Waals surface area contributed by atoms with Crippen molar-refractivity contribution in [3.8, 4) is 0 Å². The van der Waals surface area contributed by atoms with E-state index in [1.807, 2.05) is 30.3 Å². The van der Waals surface area contributed by atoms with E-state index in [0.717, 1.165) is 41.7 Å². The number of hydrogen-bond donors (Lipinski definition) is 1. The predicted octanol–water partition coefficient (Wildman–Crippen LogP) is 7.49. The number of nitrogens with one attached hydrogen (secondary N) is 1. The van der Waals surface area contributed by atoms with Crippen LogP contribution in [0.15, 0.2) is 30.3 Å². The molecule has 0 bridgehead atoms. The van der Waals surface area contributed by atoms with Gasteiger partial charge in [-0.15, -0.1) is 0 Å². The smallest absolute Gasteiger partial charge is 0.251 e. The van der Waals surface area contributed by atoms with E-state index in [9.17, 15) is 4.79 Å². The molecular weight excluding hydrogens is 390 g/mol. The maximum absolute atomic E-state index is 12.7. The van der Waals surface area contributed by atoms with Crippen LogP contribution in [0.25, 0.3) is 0 Å². The number of rotatable bonds is 4. The van der Waals surface area contributed by atoms with Crippen molar-refractivity contribution in [2.24, 2.45) is 46.3 Å². The van der Waals surface area contributed by atoms with E-state index in [1.54, 1.807) is 0 Å². The normalized spacial score (nSPS) is 43.5. The van der Waals surface area contributed by atoms with Crippen LogP contribution in [0.4, 0.5) is 0 Å². The highest BCUT2D eigenvalue weighted by atomic mass is 16.1. The van der Waals surface area contributed by atoms with E-state index in [-0.39, 0.29) is 5.91 Å². The van der Waals surface area contributed by atoms with Gasteiger partial charge in [0.25, 0.3) is 5.91 Å². The van der Waals surface area contributed by atoms with Crippen LogP contribution in [0.5, 0.6) is 0 Å². The highest BCUT2D eigenvalue weighted by Gasteiger charge is 2.59. The summed E-state index contributed by atoms with van der Waals surface area (Å²) in [5, 5.41) is 3.33. The SMILES string of the molecule is CC[C@]12CC[C@H](C)C[C@H]1CC[C@H]1[C@@H]3CCC[C@H](CNC(=O)c4ccccc4)[C@@]3(C)CC[C@@H]12. The Morgan fingerprint density at radius 2 is 1.81 bits per heavy atom. The second kappa shape index (κ2) is 8.80. The minimum Gasteiger partial charge on any atom is -0.352 e. The molecule has 0 spiro atoms. The minimum atomic E-state index is 0.103. The van der Waals surface area contributed by atoms with Gasteiger partial charge in [0.05, 0.1) is 0 Å². The molecule has 0 radical (unpaired) electrons.